The predicted octanol–water partition coefficient (Wildman–Crippen LogP) is 2.98. The van der Waals surface area contributed by atoms with E-state index in [0.717, 1.165) is 0 Å². The summed E-state index contributed by atoms with van der Waals surface area (Å²) >= 11 is 0. The standard InChI is InChI=1S/C19H14O5/c1-10(20)12-6-7-15-16(9-12)19(23)17(18(15)22)13-4-3-5-14(8-13)24-11(2)21/h3-9,17H,1-2H3. The van der Waals surface area contributed by atoms with Crippen LogP contribution in [-0.4, -0.2) is 23.3 Å². The molecule has 1 aliphatic rings. The molecule has 0 fully saturated rings. The lowest BCUT2D eigenvalue weighted by molar-refractivity contribution is -0.131. The fourth-order valence-corrected chi connectivity index (χ4v) is 2.84. The van der Waals surface area contributed by atoms with Crippen LogP contribution in [0.15, 0.2) is 42.5 Å². The minimum Gasteiger partial charge on any atom is -0.427 e. The van der Waals surface area contributed by atoms with E-state index >= 15 is 0 Å². The fourth-order valence-electron chi connectivity index (χ4n) is 2.84. The zero-order chi connectivity index (χ0) is 17.4. The summed E-state index contributed by atoms with van der Waals surface area (Å²) in [7, 11) is 0. The Bertz CT molecular complexity index is 894. The Morgan fingerprint density at radius 1 is 0.917 bits per heavy atom. The smallest absolute Gasteiger partial charge is 0.308 e. The zero-order valence-corrected chi connectivity index (χ0v) is 13.2. The number of carbonyl (C=O) groups excluding carboxylic acids is 4. The SMILES string of the molecule is CC(=O)Oc1cccc(C2C(=O)c3ccc(C(C)=O)cc3C2=O)c1. The summed E-state index contributed by atoms with van der Waals surface area (Å²) in [5.74, 6) is -2.01. The third-order valence-corrected chi connectivity index (χ3v) is 3.93. The first-order chi connectivity index (χ1) is 11.4. The molecule has 0 N–H and O–H groups in total. The third kappa shape index (κ3) is 2.65. The lowest BCUT2D eigenvalue weighted by atomic mass is 9.94. The number of Topliss-reactive ketones (excluding diaryl/α,β-unsaturated/α-hetero) is 3. The molecule has 0 spiro atoms. The maximum Gasteiger partial charge on any atom is 0.308 e. The van der Waals surface area contributed by atoms with Gasteiger partial charge in [0, 0.05) is 23.6 Å². The van der Waals surface area contributed by atoms with Gasteiger partial charge in [0.05, 0.1) is 0 Å². The van der Waals surface area contributed by atoms with Crippen LogP contribution < -0.4 is 4.74 Å². The van der Waals surface area contributed by atoms with Gasteiger partial charge in [-0.2, -0.15) is 0 Å². The average Bonchev–Trinajstić information content (AvgIpc) is 2.78. The molecule has 0 aliphatic heterocycles. The molecule has 0 saturated heterocycles. The van der Waals surface area contributed by atoms with Crippen LogP contribution in [0.25, 0.3) is 0 Å². The number of esters is 1. The summed E-state index contributed by atoms with van der Waals surface area (Å²) in [6.07, 6.45) is 0. The lowest BCUT2D eigenvalue weighted by Gasteiger charge is -2.09. The van der Waals surface area contributed by atoms with Gasteiger partial charge in [0.2, 0.25) is 0 Å². The van der Waals surface area contributed by atoms with Crippen molar-refractivity contribution in [1.82, 2.24) is 0 Å². The largest absolute Gasteiger partial charge is 0.427 e. The van der Waals surface area contributed by atoms with E-state index in [2.05, 4.69) is 0 Å². The van der Waals surface area contributed by atoms with Crippen LogP contribution in [0, 0.1) is 0 Å². The number of carbonyl (C=O) groups is 4. The summed E-state index contributed by atoms with van der Waals surface area (Å²) in [6, 6.07) is 10.9. The number of ether oxygens (including phenoxy) is 1. The maximum atomic E-state index is 12.7. The summed E-state index contributed by atoms with van der Waals surface area (Å²) in [6.45, 7) is 2.68. The molecule has 0 aromatic heterocycles. The second kappa shape index (κ2) is 5.85. The van der Waals surface area contributed by atoms with Crippen LogP contribution in [0.5, 0.6) is 5.75 Å². The van der Waals surface area contributed by atoms with Crippen LogP contribution in [0.1, 0.15) is 56.4 Å². The van der Waals surface area contributed by atoms with Crippen molar-refractivity contribution >= 4 is 23.3 Å². The molecule has 1 atom stereocenters. The van der Waals surface area contributed by atoms with Crippen molar-refractivity contribution < 1.29 is 23.9 Å². The van der Waals surface area contributed by atoms with Gasteiger partial charge in [0.25, 0.3) is 0 Å². The van der Waals surface area contributed by atoms with Gasteiger partial charge in [-0.15, -0.1) is 0 Å². The van der Waals surface area contributed by atoms with E-state index in [-0.39, 0.29) is 28.7 Å². The number of rotatable bonds is 3. The highest BCUT2D eigenvalue weighted by atomic mass is 16.5. The minimum atomic E-state index is -0.974. The number of benzene rings is 2. The van der Waals surface area contributed by atoms with E-state index in [9.17, 15) is 19.2 Å². The third-order valence-electron chi connectivity index (χ3n) is 3.93. The molecule has 3 rings (SSSR count). The monoisotopic (exact) mass is 322 g/mol. The molecule has 24 heavy (non-hydrogen) atoms. The Balaban J connectivity index is 2.02. The van der Waals surface area contributed by atoms with Crippen molar-refractivity contribution in [2.75, 3.05) is 0 Å². The summed E-state index contributed by atoms with van der Waals surface area (Å²) in [5.41, 5.74) is 1.43. The maximum absolute atomic E-state index is 12.7. The van der Waals surface area contributed by atoms with Crippen molar-refractivity contribution in [3.05, 3.63) is 64.7 Å². The lowest BCUT2D eigenvalue weighted by Crippen LogP contribution is -2.13. The van der Waals surface area contributed by atoms with E-state index < -0.39 is 11.9 Å². The van der Waals surface area contributed by atoms with Crippen molar-refractivity contribution in [3.8, 4) is 5.75 Å². The quantitative estimate of drug-likeness (QED) is 0.376. The molecular weight excluding hydrogens is 308 g/mol. The van der Waals surface area contributed by atoms with Crippen molar-refractivity contribution in [2.45, 2.75) is 19.8 Å². The Morgan fingerprint density at radius 2 is 1.62 bits per heavy atom. The number of fused-ring (bicyclic) bond motifs is 1. The molecule has 0 radical (unpaired) electrons. The zero-order valence-electron chi connectivity index (χ0n) is 13.2. The molecule has 5 heteroatoms. The molecule has 1 unspecified atom stereocenters. The van der Waals surface area contributed by atoms with E-state index in [1.54, 1.807) is 24.3 Å². The van der Waals surface area contributed by atoms with E-state index in [1.165, 1.54) is 32.0 Å². The van der Waals surface area contributed by atoms with Gasteiger partial charge in [-0.05, 0) is 36.8 Å². The highest BCUT2D eigenvalue weighted by molar-refractivity contribution is 6.30. The van der Waals surface area contributed by atoms with E-state index in [0.29, 0.717) is 16.7 Å². The molecule has 0 heterocycles. The highest BCUT2D eigenvalue weighted by Gasteiger charge is 2.39. The van der Waals surface area contributed by atoms with Crippen molar-refractivity contribution in [3.63, 3.8) is 0 Å². The van der Waals surface area contributed by atoms with Gasteiger partial charge in [0.1, 0.15) is 11.7 Å². The van der Waals surface area contributed by atoms with Gasteiger partial charge in [0.15, 0.2) is 17.3 Å². The minimum absolute atomic E-state index is 0.168. The Hall–Kier alpha value is -3.08. The first-order valence-corrected chi connectivity index (χ1v) is 7.40. The molecule has 5 nitrogen and oxygen atoms in total. The topological polar surface area (TPSA) is 77.5 Å². The van der Waals surface area contributed by atoms with Crippen LogP contribution in [-0.2, 0) is 4.79 Å². The summed E-state index contributed by atoms with van der Waals surface area (Å²) < 4.78 is 5.01. The normalized spacial score (nSPS) is 16.0. The van der Waals surface area contributed by atoms with Gasteiger partial charge in [-0.1, -0.05) is 18.2 Å². The van der Waals surface area contributed by atoms with E-state index in [4.69, 9.17) is 4.74 Å². The molecule has 120 valence electrons. The number of hydrogen-bond acceptors (Lipinski definition) is 5. The van der Waals surface area contributed by atoms with Crippen LogP contribution in [0.2, 0.25) is 0 Å². The van der Waals surface area contributed by atoms with Crippen LogP contribution in [0.4, 0.5) is 0 Å². The molecule has 0 amide bonds. The Kier molecular flexibility index (Phi) is 3.85. The van der Waals surface area contributed by atoms with E-state index in [1.807, 2.05) is 0 Å². The highest BCUT2D eigenvalue weighted by Crippen LogP contribution is 2.35. The van der Waals surface area contributed by atoms with Gasteiger partial charge < -0.3 is 4.74 Å². The summed E-state index contributed by atoms with van der Waals surface area (Å²) in [4.78, 5) is 47.8. The molecule has 1 aliphatic carbocycles. The molecule has 0 bridgehead atoms. The molecule has 2 aromatic rings. The molecule has 0 saturated carbocycles. The molecule has 2 aromatic carbocycles. The second-order valence-electron chi connectivity index (χ2n) is 5.64. The predicted molar refractivity (Wildman–Crippen MR) is 85.6 cm³/mol. The Morgan fingerprint density at radius 3 is 2.29 bits per heavy atom. The first kappa shape index (κ1) is 15.8. The Labute approximate surface area is 138 Å². The first-order valence-electron chi connectivity index (χ1n) is 7.40. The fraction of sp³-hybridized carbons (Fsp3) is 0.158. The van der Waals surface area contributed by atoms with Gasteiger partial charge in [-0.25, -0.2) is 0 Å². The van der Waals surface area contributed by atoms with Crippen LogP contribution in [0.3, 0.4) is 0 Å². The summed E-state index contributed by atoms with van der Waals surface area (Å²) in [5, 5.41) is 0. The number of ketones is 3. The van der Waals surface area contributed by atoms with Crippen molar-refractivity contribution in [2.24, 2.45) is 0 Å². The van der Waals surface area contributed by atoms with Gasteiger partial charge in [-0.3, -0.25) is 19.2 Å². The average molecular weight is 322 g/mol. The van der Waals surface area contributed by atoms with Crippen LogP contribution >= 0.6 is 0 Å². The molecular formula is C19H14O5. The number of hydrogen-bond donors (Lipinski definition) is 0. The second-order valence-corrected chi connectivity index (χ2v) is 5.64. The van der Waals surface area contributed by atoms with Gasteiger partial charge >= 0.3 is 5.97 Å². The van der Waals surface area contributed by atoms with Crippen molar-refractivity contribution in [1.29, 1.82) is 0 Å².